The van der Waals surface area contributed by atoms with Gasteiger partial charge in [0, 0.05) is 6.42 Å². The minimum Gasteiger partial charge on any atom is -0.363 e. The molecule has 0 unspecified atom stereocenters. The van der Waals surface area contributed by atoms with Gasteiger partial charge in [0.2, 0.25) is 0 Å². The zero-order chi connectivity index (χ0) is 20.6. The maximum atomic E-state index is 12.9. The van der Waals surface area contributed by atoms with Crippen LogP contribution in [0.25, 0.3) is 10.8 Å². The Hall–Kier alpha value is -1.75. The lowest BCUT2D eigenvalue weighted by Crippen LogP contribution is -2.45. The molecule has 0 spiro atoms. The Morgan fingerprint density at radius 2 is 1.76 bits per heavy atom. The topological polar surface area (TPSA) is 35.5 Å². The van der Waals surface area contributed by atoms with Gasteiger partial charge in [-0.1, -0.05) is 86.6 Å². The van der Waals surface area contributed by atoms with Crippen molar-refractivity contribution in [2.24, 2.45) is 0 Å². The second-order valence-corrected chi connectivity index (χ2v) is 13.8. The lowest BCUT2D eigenvalue weighted by atomic mass is 10.0. The molecule has 4 atom stereocenters. The molecule has 2 bridgehead atoms. The van der Waals surface area contributed by atoms with E-state index in [1.54, 1.807) is 0 Å². The quantitative estimate of drug-likeness (QED) is 0.527. The first-order valence-electron chi connectivity index (χ1n) is 11.1. The summed E-state index contributed by atoms with van der Waals surface area (Å²) in [7, 11) is -1.54. The van der Waals surface area contributed by atoms with Crippen molar-refractivity contribution in [2.75, 3.05) is 0 Å². The number of fused-ring (bicyclic) bond motifs is 3. The van der Waals surface area contributed by atoms with E-state index in [1.165, 1.54) is 34.1 Å². The second-order valence-electron chi connectivity index (χ2n) is 8.53. The molecular formula is C25H32O3Si. The number of carbonyl (C=O) groups excluding carboxylic acids is 1. The van der Waals surface area contributed by atoms with Gasteiger partial charge in [0.1, 0.15) is 12.2 Å². The summed E-state index contributed by atoms with van der Waals surface area (Å²) in [5, 5.41) is 3.87. The summed E-state index contributed by atoms with van der Waals surface area (Å²) in [5.74, 6) is 0.191. The Kier molecular flexibility index (Phi) is 5.78. The van der Waals surface area contributed by atoms with Crippen molar-refractivity contribution in [2.45, 2.75) is 76.7 Å². The van der Waals surface area contributed by atoms with Gasteiger partial charge in [-0.15, -0.1) is 0 Å². The molecule has 1 fully saturated rings. The smallest absolute Gasteiger partial charge is 0.167 e. The molecule has 154 valence electrons. The fourth-order valence-corrected chi connectivity index (χ4v) is 9.27. The van der Waals surface area contributed by atoms with Crippen LogP contribution in [0.1, 0.15) is 45.8 Å². The van der Waals surface area contributed by atoms with Gasteiger partial charge in [-0.05, 0) is 29.3 Å². The zero-order valence-electron chi connectivity index (χ0n) is 18.0. The van der Waals surface area contributed by atoms with Crippen molar-refractivity contribution in [3.63, 3.8) is 0 Å². The van der Waals surface area contributed by atoms with Crippen molar-refractivity contribution < 1.29 is 14.3 Å². The van der Waals surface area contributed by atoms with Gasteiger partial charge in [0.05, 0.1) is 20.3 Å². The van der Waals surface area contributed by atoms with E-state index in [0.717, 1.165) is 5.56 Å². The van der Waals surface area contributed by atoms with Crippen molar-refractivity contribution in [1.29, 1.82) is 0 Å². The Morgan fingerprint density at radius 1 is 1.07 bits per heavy atom. The largest absolute Gasteiger partial charge is 0.363 e. The molecule has 0 amide bonds. The van der Waals surface area contributed by atoms with E-state index < -0.39 is 14.2 Å². The van der Waals surface area contributed by atoms with Crippen LogP contribution in [-0.2, 0) is 14.3 Å². The summed E-state index contributed by atoms with van der Waals surface area (Å²) in [6, 6.07) is 18.3. The minimum atomic E-state index is -1.54. The monoisotopic (exact) mass is 408 g/mol. The number of rotatable bonds is 7. The predicted molar refractivity (Wildman–Crippen MR) is 121 cm³/mol. The highest BCUT2D eigenvalue weighted by atomic mass is 28.3. The Labute approximate surface area is 175 Å². The van der Waals surface area contributed by atoms with Crippen LogP contribution in [0.3, 0.4) is 0 Å². The fourth-order valence-electron chi connectivity index (χ4n) is 5.18. The van der Waals surface area contributed by atoms with Crippen molar-refractivity contribution >= 4 is 24.6 Å². The lowest BCUT2D eigenvalue weighted by molar-refractivity contribution is -0.158. The molecule has 2 aromatic rings. The molecule has 3 nitrogen and oxygen atoms in total. The summed E-state index contributed by atoms with van der Waals surface area (Å²) in [5.41, 5.74) is 1.10. The van der Waals surface area contributed by atoms with E-state index in [9.17, 15) is 4.79 Å². The van der Waals surface area contributed by atoms with Crippen LogP contribution in [0.15, 0.2) is 53.7 Å². The number of carbonyl (C=O) groups is 1. The molecule has 2 aliphatic rings. The van der Waals surface area contributed by atoms with Gasteiger partial charge in [-0.3, -0.25) is 4.79 Å². The number of Topliss-reactive ketones (excluding diaryl/α,β-unsaturated/α-hetero) is 1. The summed E-state index contributed by atoms with van der Waals surface area (Å²) in [6.45, 7) is 8.95. The minimum absolute atomic E-state index is 0.00478. The molecule has 2 heterocycles. The second kappa shape index (κ2) is 8.17. The summed E-state index contributed by atoms with van der Waals surface area (Å²) in [6.07, 6.45) is 1.85. The normalized spacial score (nSPS) is 25.3. The molecular weight excluding hydrogens is 376 g/mol. The van der Waals surface area contributed by atoms with Gasteiger partial charge in [0.25, 0.3) is 0 Å². The third kappa shape index (κ3) is 3.62. The van der Waals surface area contributed by atoms with Crippen molar-refractivity contribution in [3.8, 4) is 0 Å². The van der Waals surface area contributed by atoms with Gasteiger partial charge >= 0.3 is 0 Å². The Bertz CT molecular complexity index is 922. The molecule has 2 aliphatic heterocycles. The van der Waals surface area contributed by atoms with Gasteiger partial charge in [0.15, 0.2) is 5.78 Å². The maximum Gasteiger partial charge on any atom is 0.167 e. The van der Waals surface area contributed by atoms with Crippen LogP contribution in [0.2, 0.25) is 18.1 Å². The molecule has 0 N–H and O–H groups in total. The van der Waals surface area contributed by atoms with Gasteiger partial charge < -0.3 is 9.47 Å². The number of ketones is 1. The highest BCUT2D eigenvalue weighted by molar-refractivity contribution is 6.86. The SMILES string of the molecule is CC[Si](CC)(CC)C1=C[C@@H]2O[C@H]1CC(=O)[C@@H]2O[C@H](C)c1ccc2ccccc2c1. The molecule has 0 saturated carbocycles. The number of ether oxygens (including phenoxy) is 2. The highest BCUT2D eigenvalue weighted by Crippen LogP contribution is 2.42. The third-order valence-corrected chi connectivity index (χ3v) is 13.0. The van der Waals surface area contributed by atoms with Crippen LogP contribution < -0.4 is 0 Å². The molecule has 4 rings (SSSR count). The molecule has 1 saturated heterocycles. The average molecular weight is 409 g/mol. The molecule has 0 radical (unpaired) electrons. The Morgan fingerprint density at radius 3 is 2.45 bits per heavy atom. The maximum absolute atomic E-state index is 12.9. The molecule has 0 aliphatic carbocycles. The number of hydrogen-bond donors (Lipinski definition) is 0. The summed E-state index contributed by atoms with van der Waals surface area (Å²) in [4.78, 5) is 12.9. The van der Waals surface area contributed by atoms with E-state index in [4.69, 9.17) is 9.47 Å². The predicted octanol–water partition coefficient (Wildman–Crippen LogP) is 6.00. The van der Waals surface area contributed by atoms with E-state index in [1.807, 2.05) is 19.1 Å². The van der Waals surface area contributed by atoms with E-state index in [0.29, 0.717) is 6.42 Å². The number of benzene rings is 2. The fraction of sp³-hybridized carbons (Fsp3) is 0.480. The van der Waals surface area contributed by atoms with E-state index in [2.05, 4.69) is 57.2 Å². The first kappa shape index (κ1) is 20.5. The lowest BCUT2D eigenvalue weighted by Gasteiger charge is -2.35. The van der Waals surface area contributed by atoms with Crippen LogP contribution in [0.4, 0.5) is 0 Å². The van der Waals surface area contributed by atoms with Crippen LogP contribution in [-0.4, -0.2) is 32.2 Å². The molecule has 4 heteroatoms. The third-order valence-electron chi connectivity index (χ3n) is 7.25. The molecule has 0 aromatic heterocycles. The summed E-state index contributed by atoms with van der Waals surface area (Å²) >= 11 is 0. The standard InChI is InChI=1S/C25H32O3Si/c1-5-29(6-2,7-3)24-16-23-25(21(26)15-22(24)28-23)27-17(4)19-13-12-18-10-8-9-11-20(18)14-19/h8-14,16-17,22-23,25H,5-7,15H2,1-4H3/t17-,22+,23+,25+/m1/s1. The summed E-state index contributed by atoms with van der Waals surface area (Å²) < 4.78 is 12.6. The number of hydrogen-bond acceptors (Lipinski definition) is 3. The van der Waals surface area contributed by atoms with Crippen LogP contribution >= 0.6 is 0 Å². The van der Waals surface area contributed by atoms with Gasteiger partial charge in [-0.2, -0.15) is 0 Å². The van der Waals surface area contributed by atoms with Crippen molar-refractivity contribution in [1.82, 2.24) is 0 Å². The zero-order valence-corrected chi connectivity index (χ0v) is 19.0. The highest BCUT2D eigenvalue weighted by Gasteiger charge is 2.49. The first-order chi connectivity index (χ1) is 14.0. The average Bonchev–Trinajstić information content (AvgIpc) is 3.11. The van der Waals surface area contributed by atoms with Crippen LogP contribution in [0, 0.1) is 0 Å². The van der Waals surface area contributed by atoms with E-state index in [-0.39, 0.29) is 24.1 Å². The Balaban J connectivity index is 1.56. The first-order valence-corrected chi connectivity index (χ1v) is 13.7. The van der Waals surface area contributed by atoms with Crippen LogP contribution in [0.5, 0.6) is 0 Å². The molecule has 2 aromatic carbocycles. The van der Waals surface area contributed by atoms with E-state index >= 15 is 0 Å². The van der Waals surface area contributed by atoms with Crippen molar-refractivity contribution in [3.05, 3.63) is 59.3 Å². The van der Waals surface area contributed by atoms with Gasteiger partial charge in [-0.25, -0.2) is 0 Å². The molecule has 29 heavy (non-hydrogen) atoms.